The minimum absolute atomic E-state index is 0.0383. The van der Waals surface area contributed by atoms with Crippen molar-refractivity contribution in [3.8, 4) is 11.5 Å². The molecule has 150 valence electrons. The van der Waals surface area contributed by atoms with Gasteiger partial charge in [-0.3, -0.25) is 9.69 Å². The summed E-state index contributed by atoms with van der Waals surface area (Å²) in [5.74, 6) is 0.908. The molecule has 3 N–H and O–H groups in total. The van der Waals surface area contributed by atoms with E-state index in [0.29, 0.717) is 22.9 Å². The van der Waals surface area contributed by atoms with Crippen LogP contribution in [-0.2, 0) is 11.2 Å². The maximum Gasteiger partial charge on any atom is 0.221 e. The van der Waals surface area contributed by atoms with Crippen molar-refractivity contribution >= 4 is 17.5 Å². The molecule has 1 aliphatic rings. The molecule has 1 aliphatic heterocycles. The highest BCUT2D eigenvalue weighted by molar-refractivity contribution is 6.30. The number of β-amino-alcohol motifs (C(OH)–C–C–N with tert-alkyl or cyclic N) is 1. The molecule has 0 aliphatic carbocycles. The number of hydrogen-bond donors (Lipinski definition) is 2. The normalized spacial score (nSPS) is 18.0. The van der Waals surface area contributed by atoms with E-state index in [1.807, 2.05) is 30.3 Å². The molecule has 3 rings (SSSR count). The van der Waals surface area contributed by atoms with Crippen LogP contribution in [0.25, 0.3) is 0 Å². The van der Waals surface area contributed by atoms with Gasteiger partial charge in [0.05, 0.1) is 6.42 Å². The number of hydrogen-bond acceptors (Lipinski definition) is 5. The number of halogens is 1. The quantitative estimate of drug-likeness (QED) is 0.669. The molecule has 0 aromatic heterocycles. The van der Waals surface area contributed by atoms with Crippen molar-refractivity contribution in [3.05, 3.63) is 59.1 Å². The third kappa shape index (κ3) is 6.12. The molecule has 28 heavy (non-hydrogen) atoms. The molecule has 0 saturated carbocycles. The molecule has 1 heterocycles. The lowest BCUT2D eigenvalue weighted by molar-refractivity contribution is -0.117. The Morgan fingerprint density at radius 1 is 1.29 bits per heavy atom. The predicted molar refractivity (Wildman–Crippen MR) is 108 cm³/mol. The first-order chi connectivity index (χ1) is 13.5. The summed E-state index contributed by atoms with van der Waals surface area (Å²) in [6.07, 6.45) is 0.417. The number of benzene rings is 2. The van der Waals surface area contributed by atoms with Gasteiger partial charge >= 0.3 is 0 Å². The first kappa shape index (κ1) is 20.5. The molecule has 0 spiro atoms. The lowest BCUT2D eigenvalue weighted by atomic mass is 10.1. The highest BCUT2D eigenvalue weighted by Gasteiger charge is 2.25. The molecule has 1 saturated heterocycles. The van der Waals surface area contributed by atoms with Crippen LogP contribution in [0, 0.1) is 0 Å². The average Bonchev–Trinajstić information content (AvgIpc) is 3.08. The zero-order valence-electron chi connectivity index (χ0n) is 15.6. The van der Waals surface area contributed by atoms with E-state index < -0.39 is 12.0 Å². The number of aliphatic hydroxyl groups is 1. The van der Waals surface area contributed by atoms with Gasteiger partial charge in [0.1, 0.15) is 30.3 Å². The van der Waals surface area contributed by atoms with Crippen molar-refractivity contribution in [2.24, 2.45) is 5.73 Å². The van der Waals surface area contributed by atoms with Crippen LogP contribution in [0.15, 0.2) is 48.5 Å². The molecular weight excluding hydrogens is 380 g/mol. The Kier molecular flexibility index (Phi) is 7.14. The smallest absolute Gasteiger partial charge is 0.221 e. The third-order valence-electron chi connectivity index (χ3n) is 4.56. The summed E-state index contributed by atoms with van der Waals surface area (Å²) in [5, 5.41) is 10.9. The van der Waals surface area contributed by atoms with Crippen molar-refractivity contribution in [2.75, 3.05) is 26.2 Å². The number of nitrogens with zero attached hydrogens (tertiary/aromatic N) is 1. The summed E-state index contributed by atoms with van der Waals surface area (Å²) < 4.78 is 11.7. The second-order valence-corrected chi connectivity index (χ2v) is 7.40. The Labute approximate surface area is 169 Å². The SMILES string of the molecule is NC(=O)Cc1cc(Cl)ccc1OCC(O)CN1CCC(Oc2ccccc2)C1. The highest BCUT2D eigenvalue weighted by Crippen LogP contribution is 2.24. The number of nitrogens with two attached hydrogens (primary N) is 1. The summed E-state index contributed by atoms with van der Waals surface area (Å²) in [5.41, 5.74) is 5.89. The molecule has 0 radical (unpaired) electrons. The van der Waals surface area contributed by atoms with Gasteiger partial charge < -0.3 is 20.3 Å². The van der Waals surface area contributed by atoms with Gasteiger partial charge in [0.25, 0.3) is 0 Å². The number of primary amides is 1. The summed E-state index contributed by atoms with van der Waals surface area (Å²) >= 11 is 5.97. The molecule has 2 atom stereocenters. The van der Waals surface area contributed by atoms with Crippen LogP contribution < -0.4 is 15.2 Å². The first-order valence-corrected chi connectivity index (χ1v) is 9.69. The van der Waals surface area contributed by atoms with E-state index in [0.717, 1.165) is 25.3 Å². The largest absolute Gasteiger partial charge is 0.491 e. The van der Waals surface area contributed by atoms with Gasteiger partial charge in [-0.2, -0.15) is 0 Å². The van der Waals surface area contributed by atoms with Gasteiger partial charge in [-0.15, -0.1) is 0 Å². The van der Waals surface area contributed by atoms with Gasteiger partial charge in [-0.1, -0.05) is 29.8 Å². The lowest BCUT2D eigenvalue weighted by Crippen LogP contribution is -2.35. The first-order valence-electron chi connectivity index (χ1n) is 9.31. The summed E-state index contributed by atoms with van der Waals surface area (Å²) in [4.78, 5) is 13.4. The van der Waals surface area contributed by atoms with Gasteiger partial charge in [0.2, 0.25) is 5.91 Å². The molecule has 7 heteroatoms. The van der Waals surface area contributed by atoms with Crippen LogP contribution in [-0.4, -0.2) is 54.4 Å². The van der Waals surface area contributed by atoms with Crippen molar-refractivity contribution in [2.45, 2.75) is 25.0 Å². The van der Waals surface area contributed by atoms with Crippen molar-refractivity contribution in [1.82, 2.24) is 4.90 Å². The van der Waals surface area contributed by atoms with Crippen LogP contribution in [0.3, 0.4) is 0 Å². The number of aliphatic hydroxyl groups excluding tert-OH is 1. The van der Waals surface area contributed by atoms with Gasteiger partial charge in [0.15, 0.2) is 0 Å². The molecular formula is C21H25ClN2O4. The molecule has 0 bridgehead atoms. The van der Waals surface area contributed by atoms with Gasteiger partial charge in [-0.05, 0) is 36.8 Å². The fourth-order valence-electron chi connectivity index (χ4n) is 3.30. The molecule has 2 aromatic rings. The lowest BCUT2D eigenvalue weighted by Gasteiger charge is -2.21. The maximum absolute atomic E-state index is 11.2. The van der Waals surface area contributed by atoms with Gasteiger partial charge in [0, 0.05) is 30.2 Å². The number of para-hydroxylation sites is 1. The Balaban J connectivity index is 1.46. The van der Waals surface area contributed by atoms with E-state index in [4.69, 9.17) is 26.8 Å². The molecule has 6 nitrogen and oxygen atoms in total. The molecule has 2 unspecified atom stereocenters. The fraction of sp³-hybridized carbons (Fsp3) is 0.381. The Morgan fingerprint density at radius 3 is 2.82 bits per heavy atom. The minimum Gasteiger partial charge on any atom is -0.491 e. The standard InChI is InChI=1S/C21H25ClN2O4/c22-16-6-7-20(15(10-16)11-21(23)26)27-14-17(25)12-24-9-8-19(13-24)28-18-4-2-1-3-5-18/h1-7,10,17,19,25H,8-9,11-14H2,(H2,23,26). The zero-order chi connectivity index (χ0) is 19.9. The second kappa shape index (κ2) is 9.78. The number of likely N-dealkylation sites (tertiary alicyclic amines) is 1. The second-order valence-electron chi connectivity index (χ2n) is 6.96. The Bertz CT molecular complexity index is 787. The number of carbonyl (C=O) groups excluding carboxylic acids is 1. The van der Waals surface area contributed by atoms with E-state index in [9.17, 15) is 9.90 Å². The minimum atomic E-state index is -0.660. The van der Waals surface area contributed by atoms with Crippen LogP contribution >= 0.6 is 11.6 Å². The van der Waals surface area contributed by atoms with Crippen molar-refractivity contribution < 1.29 is 19.4 Å². The van der Waals surface area contributed by atoms with E-state index >= 15 is 0 Å². The maximum atomic E-state index is 11.2. The van der Waals surface area contributed by atoms with E-state index in [1.54, 1.807) is 18.2 Å². The molecule has 2 aromatic carbocycles. The Hall–Kier alpha value is -2.28. The number of amides is 1. The third-order valence-corrected chi connectivity index (χ3v) is 4.80. The number of carbonyl (C=O) groups is 1. The van der Waals surface area contributed by atoms with Crippen LogP contribution in [0.1, 0.15) is 12.0 Å². The topological polar surface area (TPSA) is 85.0 Å². The monoisotopic (exact) mass is 404 g/mol. The van der Waals surface area contributed by atoms with Crippen molar-refractivity contribution in [3.63, 3.8) is 0 Å². The van der Waals surface area contributed by atoms with Crippen molar-refractivity contribution in [1.29, 1.82) is 0 Å². The van der Waals surface area contributed by atoms with E-state index in [2.05, 4.69) is 4.90 Å². The van der Waals surface area contributed by atoms with E-state index in [-0.39, 0.29) is 19.1 Å². The fourth-order valence-corrected chi connectivity index (χ4v) is 3.50. The number of rotatable bonds is 9. The predicted octanol–water partition coefficient (Wildman–Crippen LogP) is 2.26. The van der Waals surface area contributed by atoms with Crippen LogP contribution in [0.2, 0.25) is 5.02 Å². The highest BCUT2D eigenvalue weighted by atomic mass is 35.5. The van der Waals surface area contributed by atoms with Crippen LogP contribution in [0.4, 0.5) is 0 Å². The van der Waals surface area contributed by atoms with Gasteiger partial charge in [-0.25, -0.2) is 0 Å². The number of ether oxygens (including phenoxy) is 2. The zero-order valence-corrected chi connectivity index (χ0v) is 16.3. The molecule has 1 fully saturated rings. The summed E-state index contributed by atoms with van der Waals surface area (Å²) in [6, 6.07) is 14.8. The average molecular weight is 405 g/mol. The summed E-state index contributed by atoms with van der Waals surface area (Å²) in [6.45, 7) is 2.24. The summed E-state index contributed by atoms with van der Waals surface area (Å²) in [7, 11) is 0. The van der Waals surface area contributed by atoms with E-state index in [1.165, 1.54) is 0 Å². The van der Waals surface area contributed by atoms with Crippen LogP contribution in [0.5, 0.6) is 11.5 Å². The Morgan fingerprint density at radius 2 is 2.07 bits per heavy atom. The molecule has 1 amide bonds.